The Balaban J connectivity index is 1.78. The molecule has 3 rings (SSSR count). The van der Waals surface area contributed by atoms with Crippen LogP contribution in [0.15, 0.2) is 24.3 Å². The number of benzene rings is 1. The number of anilines is 1. The Labute approximate surface area is 176 Å². The van der Waals surface area contributed by atoms with E-state index < -0.39 is 12.0 Å². The number of hydrogen-bond donors (Lipinski definition) is 2. The number of hydroxylamine groups is 1. The Hall–Kier alpha value is -2.03. The van der Waals surface area contributed by atoms with Gasteiger partial charge in [-0.15, -0.1) is 5.48 Å². The fraction of sp³-hybridized carbons (Fsp3) is 0.524. The summed E-state index contributed by atoms with van der Waals surface area (Å²) >= 11 is 1.61. The molecule has 1 saturated heterocycles. The fourth-order valence-corrected chi connectivity index (χ4v) is 3.94. The number of carboxylic acid groups (broad SMARTS) is 1. The Morgan fingerprint density at radius 1 is 1.31 bits per heavy atom. The van der Waals surface area contributed by atoms with Gasteiger partial charge in [0.25, 0.3) is 0 Å². The van der Waals surface area contributed by atoms with E-state index in [9.17, 15) is 9.90 Å². The fourth-order valence-electron chi connectivity index (χ4n) is 3.47. The molecule has 0 amide bonds. The van der Waals surface area contributed by atoms with E-state index in [1.54, 1.807) is 11.8 Å². The number of thioether (sulfide) groups is 1. The van der Waals surface area contributed by atoms with Crippen LogP contribution >= 0.6 is 11.8 Å². The lowest BCUT2D eigenvalue weighted by molar-refractivity contribution is -0.141. The van der Waals surface area contributed by atoms with Crippen LogP contribution in [0.2, 0.25) is 0 Å². The Kier molecular flexibility index (Phi) is 7.57. The first kappa shape index (κ1) is 21.7. The van der Waals surface area contributed by atoms with Gasteiger partial charge < -0.3 is 19.7 Å². The molecule has 1 fully saturated rings. The number of aryl methyl sites for hydroxylation is 1. The summed E-state index contributed by atoms with van der Waals surface area (Å²) in [7, 11) is 2.16. The number of carbonyl (C=O) groups is 1. The van der Waals surface area contributed by atoms with E-state index in [-0.39, 0.29) is 0 Å². The molecule has 1 atom stereocenters. The zero-order valence-corrected chi connectivity index (χ0v) is 18.2. The van der Waals surface area contributed by atoms with Crippen molar-refractivity contribution in [1.29, 1.82) is 0 Å². The van der Waals surface area contributed by atoms with Crippen molar-refractivity contribution in [3.63, 3.8) is 0 Å². The molecule has 7 nitrogen and oxygen atoms in total. The summed E-state index contributed by atoms with van der Waals surface area (Å²) < 4.78 is 0. The first-order chi connectivity index (χ1) is 14.0. The van der Waals surface area contributed by atoms with Gasteiger partial charge in [-0.3, -0.25) is 4.79 Å². The second-order valence-electron chi connectivity index (χ2n) is 7.51. The number of nitrogens with one attached hydrogen (secondary N) is 1. The van der Waals surface area contributed by atoms with E-state index in [0.717, 1.165) is 55.1 Å². The van der Waals surface area contributed by atoms with E-state index in [1.165, 1.54) is 5.56 Å². The molecule has 0 spiro atoms. The van der Waals surface area contributed by atoms with Crippen molar-refractivity contribution in [3.8, 4) is 5.75 Å². The molecule has 0 bridgehead atoms. The van der Waals surface area contributed by atoms with Crippen LogP contribution in [-0.4, -0.2) is 72.2 Å². The molecule has 2 N–H and O–H groups in total. The van der Waals surface area contributed by atoms with Crippen molar-refractivity contribution in [1.82, 2.24) is 15.4 Å². The van der Waals surface area contributed by atoms with E-state index in [0.29, 0.717) is 12.2 Å². The van der Waals surface area contributed by atoms with Gasteiger partial charge in [0, 0.05) is 31.1 Å². The molecule has 1 aromatic heterocycles. The predicted octanol–water partition coefficient (Wildman–Crippen LogP) is 2.77. The summed E-state index contributed by atoms with van der Waals surface area (Å²) in [6.07, 6.45) is 3.57. The number of aromatic nitrogens is 1. The first-order valence-electron chi connectivity index (χ1n) is 9.97. The molecule has 2 heterocycles. The molecule has 1 aromatic carbocycles. The SMILES string of the molecule is CSCC[C@H](NOc1ccc2c(C)cc(N3CCCN(C)CC3)nc2c1)C(=O)O. The second kappa shape index (κ2) is 10.1. The van der Waals surface area contributed by atoms with Crippen molar-refractivity contribution in [2.45, 2.75) is 25.8 Å². The third-order valence-corrected chi connectivity index (χ3v) is 5.89. The maximum absolute atomic E-state index is 11.4. The van der Waals surface area contributed by atoms with Gasteiger partial charge in [-0.05, 0) is 69.1 Å². The summed E-state index contributed by atoms with van der Waals surface area (Å²) in [4.78, 5) is 26.5. The van der Waals surface area contributed by atoms with Crippen molar-refractivity contribution < 1.29 is 14.7 Å². The molecule has 1 aliphatic rings. The Morgan fingerprint density at radius 2 is 2.14 bits per heavy atom. The number of fused-ring (bicyclic) bond motifs is 1. The summed E-state index contributed by atoms with van der Waals surface area (Å²) in [5, 5.41) is 10.4. The summed E-state index contributed by atoms with van der Waals surface area (Å²) in [6, 6.07) is 7.10. The highest BCUT2D eigenvalue weighted by atomic mass is 32.2. The van der Waals surface area contributed by atoms with Crippen LogP contribution < -0.4 is 15.2 Å². The molecular formula is C21H30N4O3S. The normalized spacial score (nSPS) is 16.6. The minimum absolute atomic E-state index is 0.495. The van der Waals surface area contributed by atoms with Gasteiger partial charge >= 0.3 is 5.97 Å². The van der Waals surface area contributed by atoms with Crippen LogP contribution in [0.1, 0.15) is 18.4 Å². The zero-order valence-electron chi connectivity index (χ0n) is 17.4. The molecule has 1 aliphatic heterocycles. The maximum Gasteiger partial charge on any atom is 0.324 e. The van der Waals surface area contributed by atoms with E-state index >= 15 is 0 Å². The topological polar surface area (TPSA) is 77.9 Å². The molecule has 0 unspecified atom stereocenters. The number of rotatable bonds is 8. The number of nitrogens with zero attached hydrogens (tertiary/aromatic N) is 3. The lowest BCUT2D eigenvalue weighted by atomic mass is 10.1. The maximum atomic E-state index is 11.4. The highest BCUT2D eigenvalue weighted by molar-refractivity contribution is 7.98. The number of likely N-dealkylation sites (N-methyl/N-ethyl adjacent to an activating group) is 1. The van der Waals surface area contributed by atoms with Crippen molar-refractivity contribution in [3.05, 3.63) is 29.8 Å². The number of aliphatic carboxylic acids is 1. The third kappa shape index (κ3) is 5.74. The lowest BCUT2D eigenvalue weighted by Crippen LogP contribution is -2.39. The van der Waals surface area contributed by atoms with Crippen LogP contribution in [0.25, 0.3) is 10.9 Å². The third-order valence-electron chi connectivity index (χ3n) is 5.25. The van der Waals surface area contributed by atoms with Crippen LogP contribution in [0, 0.1) is 6.92 Å². The van der Waals surface area contributed by atoms with Gasteiger partial charge in [-0.2, -0.15) is 11.8 Å². The van der Waals surface area contributed by atoms with Gasteiger partial charge in [-0.1, -0.05) is 0 Å². The highest BCUT2D eigenvalue weighted by Crippen LogP contribution is 2.26. The average molecular weight is 419 g/mol. The largest absolute Gasteiger partial charge is 0.480 e. The minimum Gasteiger partial charge on any atom is -0.480 e. The number of carboxylic acids is 1. The quantitative estimate of drug-likeness (QED) is 0.634. The monoisotopic (exact) mass is 418 g/mol. The lowest BCUT2D eigenvalue weighted by Gasteiger charge is -2.23. The predicted molar refractivity (Wildman–Crippen MR) is 119 cm³/mol. The van der Waals surface area contributed by atoms with Crippen molar-refractivity contribution >= 4 is 34.5 Å². The molecule has 8 heteroatoms. The molecule has 158 valence electrons. The van der Waals surface area contributed by atoms with E-state index in [4.69, 9.17) is 9.82 Å². The molecule has 29 heavy (non-hydrogen) atoms. The molecule has 0 aliphatic carbocycles. The van der Waals surface area contributed by atoms with E-state index in [1.807, 2.05) is 24.5 Å². The van der Waals surface area contributed by atoms with Gasteiger partial charge in [0.05, 0.1) is 5.52 Å². The zero-order chi connectivity index (χ0) is 20.8. The second-order valence-corrected chi connectivity index (χ2v) is 8.50. The molecule has 0 radical (unpaired) electrons. The minimum atomic E-state index is -0.915. The van der Waals surface area contributed by atoms with Crippen LogP contribution in [-0.2, 0) is 4.79 Å². The van der Waals surface area contributed by atoms with Crippen molar-refractivity contribution in [2.24, 2.45) is 0 Å². The molecule has 0 saturated carbocycles. The van der Waals surface area contributed by atoms with Gasteiger partial charge in [0.1, 0.15) is 17.6 Å². The van der Waals surface area contributed by atoms with Crippen molar-refractivity contribution in [2.75, 3.05) is 50.1 Å². The summed E-state index contributed by atoms with van der Waals surface area (Å²) in [6.45, 7) is 6.18. The van der Waals surface area contributed by atoms with Crippen LogP contribution in [0.3, 0.4) is 0 Å². The van der Waals surface area contributed by atoms with Crippen LogP contribution in [0.4, 0.5) is 5.82 Å². The Morgan fingerprint density at radius 3 is 2.90 bits per heavy atom. The highest BCUT2D eigenvalue weighted by Gasteiger charge is 2.18. The molecule has 2 aromatic rings. The number of pyridine rings is 1. The number of hydrogen-bond acceptors (Lipinski definition) is 7. The van der Waals surface area contributed by atoms with E-state index in [2.05, 4.69) is 35.3 Å². The van der Waals surface area contributed by atoms with Gasteiger partial charge in [-0.25, -0.2) is 4.98 Å². The molecular weight excluding hydrogens is 388 g/mol. The van der Waals surface area contributed by atoms with Gasteiger partial charge in [0.15, 0.2) is 0 Å². The summed E-state index contributed by atoms with van der Waals surface area (Å²) in [5.41, 5.74) is 4.71. The standard InChI is InChI=1S/C21H30N4O3S/c1-15-13-20(25-9-4-8-24(2)10-11-25)22-19-14-16(5-6-17(15)19)28-23-18(21(26)27)7-12-29-3/h5-6,13-14,18,23H,4,7-12H2,1-3H3,(H,26,27)/t18-/m0/s1. The van der Waals surface area contributed by atoms with Crippen LogP contribution in [0.5, 0.6) is 5.75 Å². The Bertz CT molecular complexity index is 848. The first-order valence-corrected chi connectivity index (χ1v) is 11.4. The summed E-state index contributed by atoms with van der Waals surface area (Å²) in [5.74, 6) is 1.38. The average Bonchev–Trinajstić information content (AvgIpc) is 2.92. The smallest absolute Gasteiger partial charge is 0.324 e. The van der Waals surface area contributed by atoms with Gasteiger partial charge in [0.2, 0.25) is 0 Å².